The summed E-state index contributed by atoms with van der Waals surface area (Å²) in [6, 6.07) is 23.5. The second kappa shape index (κ2) is 7.55. The van der Waals surface area contributed by atoms with Crippen LogP contribution >= 0.6 is 10.5 Å². The Labute approximate surface area is 222 Å². The van der Waals surface area contributed by atoms with Gasteiger partial charge in [0.05, 0.1) is 28.5 Å². The quantitative estimate of drug-likeness (QED) is 0.201. The minimum Gasteiger partial charge on any atom is -0.328 e. The minimum absolute atomic E-state index is 0.0245. The molecule has 2 unspecified atom stereocenters. The van der Waals surface area contributed by atoms with Gasteiger partial charge in [0.15, 0.2) is 0 Å². The third-order valence-electron chi connectivity index (χ3n) is 7.91. The van der Waals surface area contributed by atoms with Crippen LogP contribution in [0.4, 0.5) is 20.2 Å². The second-order valence-corrected chi connectivity index (χ2v) is 12.4. The van der Waals surface area contributed by atoms with E-state index in [-0.39, 0.29) is 11.7 Å². The van der Waals surface area contributed by atoms with Crippen molar-refractivity contribution >= 4 is 48.5 Å². The molecule has 4 aromatic carbocycles. The van der Waals surface area contributed by atoms with E-state index in [0.29, 0.717) is 0 Å². The third-order valence-corrected chi connectivity index (χ3v) is 10.3. The number of anilines is 2. The summed E-state index contributed by atoms with van der Waals surface area (Å²) in [5.41, 5.74) is 7.65. The van der Waals surface area contributed by atoms with Crippen LogP contribution in [0.1, 0.15) is 24.1 Å². The zero-order valence-electron chi connectivity index (χ0n) is 21.2. The molecule has 0 spiro atoms. The average Bonchev–Trinajstić information content (AvgIpc) is 3.21. The molecular formula is C33H24F2N2S. The monoisotopic (exact) mass is 518 g/mol. The third kappa shape index (κ3) is 2.75. The maximum absolute atomic E-state index is 15.4. The summed E-state index contributed by atoms with van der Waals surface area (Å²) in [4.78, 5) is 5.38. The Kier molecular flexibility index (Phi) is 4.38. The van der Waals surface area contributed by atoms with Gasteiger partial charge in [-0.1, -0.05) is 41.5 Å². The highest BCUT2D eigenvalue weighted by Gasteiger charge is 2.41. The fraction of sp³-hybridized carbons (Fsp3) is 0.121. The zero-order chi connectivity index (χ0) is 25.9. The second-order valence-electron chi connectivity index (χ2n) is 10.5. The maximum Gasteiger partial charge on any atom is 0.150 e. The molecule has 3 aliphatic rings. The molecule has 1 aromatic heterocycles. The van der Waals surface area contributed by atoms with Gasteiger partial charge in [-0.25, -0.2) is 8.78 Å². The molecule has 0 saturated carbocycles. The summed E-state index contributed by atoms with van der Waals surface area (Å²) in [6.07, 6.45) is 4.41. The Morgan fingerprint density at radius 3 is 2.34 bits per heavy atom. The highest BCUT2D eigenvalue weighted by Crippen LogP contribution is 2.59. The van der Waals surface area contributed by atoms with Crippen molar-refractivity contribution in [1.29, 1.82) is 0 Å². The molecule has 0 fully saturated rings. The van der Waals surface area contributed by atoms with Crippen molar-refractivity contribution < 1.29 is 8.78 Å². The first-order chi connectivity index (χ1) is 18.4. The SMILES string of the molecule is CC1=CC2C3=S(c4ccccc4N(c4c(F)cccc4F)C3=C1)c1cc(C)cc3c4cc(C)ccc4n2c13. The molecule has 8 rings (SSSR count). The van der Waals surface area contributed by atoms with E-state index < -0.39 is 22.1 Å². The molecule has 3 heterocycles. The van der Waals surface area contributed by atoms with Crippen LogP contribution < -0.4 is 4.90 Å². The van der Waals surface area contributed by atoms with Crippen molar-refractivity contribution in [3.8, 4) is 0 Å². The molecule has 5 heteroatoms. The van der Waals surface area contributed by atoms with Crippen LogP contribution in [-0.2, 0) is 0 Å². The predicted octanol–water partition coefficient (Wildman–Crippen LogP) is 9.10. The van der Waals surface area contributed by atoms with Gasteiger partial charge in [0.2, 0.25) is 0 Å². The number of fused-ring (bicyclic) bond motifs is 7. The number of benzene rings is 4. The predicted molar refractivity (Wildman–Crippen MR) is 154 cm³/mol. The van der Waals surface area contributed by atoms with Crippen LogP contribution in [-0.4, -0.2) is 9.43 Å². The van der Waals surface area contributed by atoms with Crippen molar-refractivity contribution in [2.45, 2.75) is 36.6 Å². The fourth-order valence-corrected chi connectivity index (χ4v) is 9.26. The Morgan fingerprint density at radius 1 is 0.763 bits per heavy atom. The number of aromatic nitrogens is 1. The first kappa shape index (κ1) is 22.1. The lowest BCUT2D eigenvalue weighted by Crippen LogP contribution is -2.36. The van der Waals surface area contributed by atoms with Crippen molar-refractivity contribution in [3.05, 3.63) is 119 Å². The van der Waals surface area contributed by atoms with Crippen molar-refractivity contribution in [3.63, 3.8) is 0 Å². The number of aryl methyl sites for hydroxylation is 2. The summed E-state index contributed by atoms with van der Waals surface area (Å²) in [6.45, 7) is 6.38. The largest absolute Gasteiger partial charge is 0.328 e. The lowest BCUT2D eigenvalue weighted by atomic mass is 9.97. The smallest absolute Gasteiger partial charge is 0.150 e. The first-order valence-corrected chi connectivity index (χ1v) is 14.0. The van der Waals surface area contributed by atoms with Gasteiger partial charge in [0.25, 0.3) is 0 Å². The number of allylic oxidation sites excluding steroid dienone is 4. The number of hydrogen-bond donors (Lipinski definition) is 0. The van der Waals surface area contributed by atoms with E-state index in [2.05, 4.69) is 73.9 Å². The summed E-state index contributed by atoms with van der Waals surface area (Å²) in [5, 5.41) is 2.52. The van der Waals surface area contributed by atoms with Crippen LogP contribution in [0.5, 0.6) is 0 Å². The van der Waals surface area contributed by atoms with Gasteiger partial charge in [0.1, 0.15) is 17.3 Å². The Balaban J connectivity index is 1.56. The number of rotatable bonds is 1. The van der Waals surface area contributed by atoms with E-state index in [9.17, 15) is 0 Å². The number of hydrogen-bond acceptors (Lipinski definition) is 1. The van der Waals surface area contributed by atoms with E-state index in [1.807, 2.05) is 23.1 Å². The van der Waals surface area contributed by atoms with E-state index >= 15 is 8.78 Å². The van der Waals surface area contributed by atoms with E-state index in [0.717, 1.165) is 21.9 Å². The molecule has 2 atom stereocenters. The highest BCUT2D eigenvalue weighted by molar-refractivity contribution is 8.16. The lowest BCUT2D eigenvalue weighted by molar-refractivity contribution is 0.584. The molecule has 0 N–H and O–H groups in total. The Bertz CT molecular complexity index is 1970. The van der Waals surface area contributed by atoms with Gasteiger partial charge in [-0.15, -0.1) is 10.5 Å². The molecule has 2 nitrogen and oxygen atoms in total. The molecule has 0 saturated heterocycles. The first-order valence-electron chi connectivity index (χ1n) is 12.8. The van der Waals surface area contributed by atoms with Gasteiger partial charge >= 0.3 is 0 Å². The average molecular weight is 519 g/mol. The van der Waals surface area contributed by atoms with E-state index in [4.69, 9.17) is 0 Å². The van der Waals surface area contributed by atoms with Crippen LogP contribution in [0.3, 0.4) is 0 Å². The van der Waals surface area contributed by atoms with Gasteiger partial charge in [-0.05, 0) is 80.9 Å². The standard InChI is InChI=1S/C33H24F2N2S/c1-18-11-12-25-21(13-18)22-14-19(2)17-30-31(22)36(25)27-15-20(3)16-28-33(27)38(30)29-10-5-4-9-26(29)37(28)32-23(34)7-6-8-24(32)35/h4-17,27H,1-3H3. The summed E-state index contributed by atoms with van der Waals surface area (Å²) < 4.78 is 33.3. The van der Waals surface area contributed by atoms with Gasteiger partial charge in [0, 0.05) is 25.4 Å². The van der Waals surface area contributed by atoms with Crippen LogP contribution in [0.25, 0.3) is 21.8 Å². The van der Waals surface area contributed by atoms with Crippen LogP contribution in [0, 0.1) is 25.5 Å². The molecule has 0 radical (unpaired) electrons. The Morgan fingerprint density at radius 2 is 1.53 bits per heavy atom. The molecule has 0 bridgehead atoms. The van der Waals surface area contributed by atoms with E-state index in [1.165, 1.54) is 60.9 Å². The Hall–Kier alpha value is -3.96. The summed E-state index contributed by atoms with van der Waals surface area (Å²) in [5.74, 6) is -1.13. The minimum atomic E-state index is -0.567. The summed E-state index contributed by atoms with van der Waals surface area (Å²) in [7, 11) is -0.403. The van der Waals surface area contributed by atoms with Gasteiger partial charge < -0.3 is 9.47 Å². The van der Waals surface area contributed by atoms with Crippen molar-refractivity contribution in [2.75, 3.05) is 4.90 Å². The normalized spacial score (nSPS) is 19.4. The molecular weight excluding hydrogens is 494 g/mol. The van der Waals surface area contributed by atoms with E-state index in [1.54, 1.807) is 0 Å². The highest BCUT2D eigenvalue weighted by atomic mass is 32.2. The molecule has 5 aromatic rings. The van der Waals surface area contributed by atoms with Crippen molar-refractivity contribution in [1.82, 2.24) is 4.57 Å². The van der Waals surface area contributed by atoms with Crippen molar-refractivity contribution in [2.24, 2.45) is 0 Å². The number of nitrogens with zero attached hydrogens (tertiary/aromatic N) is 2. The van der Waals surface area contributed by atoms with Crippen LogP contribution in [0.2, 0.25) is 0 Å². The molecule has 186 valence electrons. The lowest BCUT2D eigenvalue weighted by Gasteiger charge is -2.43. The fourth-order valence-electron chi connectivity index (χ4n) is 6.49. The topological polar surface area (TPSA) is 8.17 Å². The number of halogens is 2. The summed E-state index contributed by atoms with van der Waals surface area (Å²) >= 11 is 0. The molecule has 1 aliphatic carbocycles. The van der Waals surface area contributed by atoms with Gasteiger partial charge in [-0.3, -0.25) is 0 Å². The molecule has 38 heavy (non-hydrogen) atoms. The maximum atomic E-state index is 15.4. The van der Waals surface area contributed by atoms with Crippen LogP contribution in [0.15, 0.2) is 106 Å². The molecule has 0 amide bonds. The van der Waals surface area contributed by atoms with Gasteiger partial charge in [-0.2, -0.15) is 0 Å². The number of para-hydroxylation sites is 2. The zero-order valence-corrected chi connectivity index (χ0v) is 22.0. The molecule has 2 aliphatic heterocycles.